The van der Waals surface area contributed by atoms with Crippen LogP contribution in [0.4, 0.5) is 0 Å². The fraction of sp³-hybridized carbons (Fsp3) is 1.00. The number of rotatable bonds is 5. The lowest BCUT2D eigenvalue weighted by atomic mass is 9.77. The molecule has 0 aromatic carbocycles. The molecule has 0 bridgehead atoms. The summed E-state index contributed by atoms with van der Waals surface area (Å²) in [5, 5.41) is 0. The first-order valence-electron chi connectivity index (χ1n) is 6.26. The van der Waals surface area contributed by atoms with Crippen LogP contribution in [-0.2, 0) is 9.47 Å². The summed E-state index contributed by atoms with van der Waals surface area (Å²) in [6, 6.07) is 0. The second-order valence-electron chi connectivity index (χ2n) is 4.94. The fourth-order valence-electron chi connectivity index (χ4n) is 2.51. The minimum absolute atomic E-state index is 0.160. The predicted molar refractivity (Wildman–Crippen MR) is 59.7 cm³/mol. The smallest absolute Gasteiger partial charge is 0.0694 e. The van der Waals surface area contributed by atoms with Crippen LogP contribution in [0.2, 0.25) is 0 Å². The Labute approximate surface area is 92.3 Å². The van der Waals surface area contributed by atoms with E-state index < -0.39 is 0 Å². The average molecular weight is 213 g/mol. The topological polar surface area (TPSA) is 44.5 Å². The lowest BCUT2D eigenvalue weighted by Crippen LogP contribution is -2.43. The highest BCUT2D eigenvalue weighted by molar-refractivity contribution is 4.90. The summed E-state index contributed by atoms with van der Waals surface area (Å²) in [5.74, 6) is 0.717. The maximum Gasteiger partial charge on any atom is 0.0694 e. The molecule has 0 unspecified atom stereocenters. The van der Waals surface area contributed by atoms with Crippen molar-refractivity contribution >= 4 is 0 Å². The van der Waals surface area contributed by atoms with Gasteiger partial charge in [-0.1, -0.05) is 0 Å². The number of hydrogen-bond acceptors (Lipinski definition) is 3. The monoisotopic (exact) mass is 213 g/mol. The Morgan fingerprint density at radius 2 is 2.00 bits per heavy atom. The zero-order chi connectivity index (χ0) is 10.6. The summed E-state index contributed by atoms with van der Waals surface area (Å²) in [4.78, 5) is 0. The molecule has 0 atom stereocenters. The largest absolute Gasteiger partial charge is 0.381 e. The molecule has 15 heavy (non-hydrogen) atoms. The van der Waals surface area contributed by atoms with Gasteiger partial charge in [0.2, 0.25) is 0 Å². The Balaban J connectivity index is 1.70. The molecule has 1 saturated carbocycles. The Bertz CT molecular complexity index is 186. The van der Waals surface area contributed by atoms with E-state index in [-0.39, 0.29) is 5.60 Å². The molecule has 1 aliphatic heterocycles. The average Bonchev–Trinajstić information content (AvgIpc) is 2.23. The molecule has 88 valence electrons. The predicted octanol–water partition coefficient (Wildman–Crippen LogP) is 1.70. The Morgan fingerprint density at radius 1 is 1.27 bits per heavy atom. The SMILES string of the molecule is NCCC1(OCC2CCOCC2)CCC1. The summed E-state index contributed by atoms with van der Waals surface area (Å²) in [6.07, 6.45) is 7.11. The van der Waals surface area contributed by atoms with E-state index in [2.05, 4.69) is 0 Å². The van der Waals surface area contributed by atoms with Crippen LogP contribution in [0.5, 0.6) is 0 Å². The van der Waals surface area contributed by atoms with Crippen molar-refractivity contribution in [2.75, 3.05) is 26.4 Å². The molecule has 0 amide bonds. The van der Waals surface area contributed by atoms with E-state index in [1.165, 1.54) is 32.1 Å². The maximum absolute atomic E-state index is 6.11. The van der Waals surface area contributed by atoms with Crippen molar-refractivity contribution in [3.63, 3.8) is 0 Å². The van der Waals surface area contributed by atoms with E-state index in [1.807, 2.05) is 0 Å². The van der Waals surface area contributed by atoms with Crippen LogP contribution in [0.3, 0.4) is 0 Å². The van der Waals surface area contributed by atoms with Crippen molar-refractivity contribution in [1.29, 1.82) is 0 Å². The van der Waals surface area contributed by atoms with Gasteiger partial charge in [0.1, 0.15) is 0 Å². The second-order valence-corrected chi connectivity index (χ2v) is 4.94. The molecule has 3 heteroatoms. The van der Waals surface area contributed by atoms with E-state index in [9.17, 15) is 0 Å². The van der Waals surface area contributed by atoms with Gasteiger partial charge in [-0.2, -0.15) is 0 Å². The molecule has 0 aromatic rings. The summed E-state index contributed by atoms with van der Waals surface area (Å²) in [6.45, 7) is 3.51. The van der Waals surface area contributed by atoms with Gasteiger partial charge in [0, 0.05) is 13.2 Å². The third kappa shape index (κ3) is 2.92. The quantitative estimate of drug-likeness (QED) is 0.756. The van der Waals surface area contributed by atoms with Crippen LogP contribution in [0.1, 0.15) is 38.5 Å². The molecule has 2 N–H and O–H groups in total. The molecular weight excluding hydrogens is 190 g/mol. The van der Waals surface area contributed by atoms with Crippen LogP contribution in [-0.4, -0.2) is 32.0 Å². The summed E-state index contributed by atoms with van der Waals surface area (Å²) in [5.41, 5.74) is 5.79. The molecule has 0 radical (unpaired) electrons. The van der Waals surface area contributed by atoms with Crippen molar-refractivity contribution in [2.45, 2.75) is 44.1 Å². The Kier molecular flexibility index (Phi) is 4.00. The molecule has 1 saturated heterocycles. The first-order valence-corrected chi connectivity index (χ1v) is 6.26. The summed E-state index contributed by atoms with van der Waals surface area (Å²) >= 11 is 0. The summed E-state index contributed by atoms with van der Waals surface area (Å²) < 4.78 is 11.5. The number of hydrogen-bond donors (Lipinski definition) is 1. The molecule has 1 heterocycles. The Hall–Kier alpha value is -0.120. The normalized spacial score (nSPS) is 26.2. The van der Waals surface area contributed by atoms with E-state index in [1.54, 1.807) is 0 Å². The zero-order valence-electron chi connectivity index (χ0n) is 9.54. The molecule has 2 aliphatic rings. The Morgan fingerprint density at radius 3 is 2.53 bits per heavy atom. The molecule has 2 rings (SSSR count). The highest BCUT2D eigenvalue weighted by atomic mass is 16.5. The number of ether oxygens (including phenoxy) is 2. The van der Waals surface area contributed by atoms with E-state index in [0.717, 1.165) is 32.8 Å². The van der Waals surface area contributed by atoms with Gasteiger partial charge < -0.3 is 15.2 Å². The van der Waals surface area contributed by atoms with E-state index in [4.69, 9.17) is 15.2 Å². The minimum Gasteiger partial charge on any atom is -0.381 e. The van der Waals surface area contributed by atoms with Crippen molar-refractivity contribution in [3.8, 4) is 0 Å². The molecule has 0 aromatic heterocycles. The van der Waals surface area contributed by atoms with Crippen molar-refractivity contribution < 1.29 is 9.47 Å². The van der Waals surface area contributed by atoms with Crippen LogP contribution >= 0.6 is 0 Å². The van der Waals surface area contributed by atoms with Crippen LogP contribution in [0, 0.1) is 5.92 Å². The van der Waals surface area contributed by atoms with Gasteiger partial charge in [-0.15, -0.1) is 0 Å². The van der Waals surface area contributed by atoms with Gasteiger partial charge in [0.05, 0.1) is 12.2 Å². The highest BCUT2D eigenvalue weighted by Crippen LogP contribution is 2.38. The van der Waals surface area contributed by atoms with Crippen molar-refractivity contribution in [3.05, 3.63) is 0 Å². The van der Waals surface area contributed by atoms with E-state index in [0.29, 0.717) is 5.92 Å². The standard InChI is InChI=1S/C12H23NO2/c13-7-6-12(4-1-5-12)15-10-11-2-8-14-9-3-11/h11H,1-10,13H2. The summed E-state index contributed by atoms with van der Waals surface area (Å²) in [7, 11) is 0. The van der Waals surface area contributed by atoms with E-state index >= 15 is 0 Å². The first-order chi connectivity index (χ1) is 7.35. The highest BCUT2D eigenvalue weighted by Gasteiger charge is 2.37. The zero-order valence-corrected chi connectivity index (χ0v) is 9.54. The molecular formula is C12H23NO2. The van der Waals surface area contributed by atoms with Crippen LogP contribution in [0.15, 0.2) is 0 Å². The first kappa shape index (κ1) is 11.4. The lowest BCUT2D eigenvalue weighted by Gasteiger charge is -2.42. The third-order valence-corrected chi connectivity index (χ3v) is 3.83. The van der Waals surface area contributed by atoms with Crippen molar-refractivity contribution in [1.82, 2.24) is 0 Å². The third-order valence-electron chi connectivity index (χ3n) is 3.83. The van der Waals surface area contributed by atoms with Gasteiger partial charge >= 0.3 is 0 Å². The van der Waals surface area contributed by atoms with Crippen molar-refractivity contribution in [2.24, 2.45) is 11.7 Å². The fourth-order valence-corrected chi connectivity index (χ4v) is 2.51. The molecule has 2 fully saturated rings. The maximum atomic E-state index is 6.11. The molecule has 1 aliphatic carbocycles. The minimum atomic E-state index is 0.160. The van der Waals surface area contributed by atoms with Crippen LogP contribution in [0.25, 0.3) is 0 Å². The molecule has 3 nitrogen and oxygen atoms in total. The second kappa shape index (κ2) is 5.28. The van der Waals surface area contributed by atoms with Gasteiger partial charge in [-0.3, -0.25) is 0 Å². The number of nitrogens with two attached hydrogens (primary N) is 1. The molecule has 0 spiro atoms. The van der Waals surface area contributed by atoms with Gasteiger partial charge in [0.25, 0.3) is 0 Å². The van der Waals surface area contributed by atoms with Gasteiger partial charge in [-0.25, -0.2) is 0 Å². The van der Waals surface area contributed by atoms with Gasteiger partial charge in [0.15, 0.2) is 0 Å². The van der Waals surface area contributed by atoms with Crippen LogP contribution < -0.4 is 5.73 Å². The van der Waals surface area contributed by atoms with Gasteiger partial charge in [-0.05, 0) is 51.0 Å². The lowest BCUT2D eigenvalue weighted by molar-refractivity contribution is -0.122.